The zero-order valence-corrected chi connectivity index (χ0v) is 11.9. The Balaban J connectivity index is 1.71. The maximum Gasteiger partial charge on any atom is 0.222 e. The van der Waals surface area contributed by atoms with Gasteiger partial charge in [0.15, 0.2) is 0 Å². The van der Waals surface area contributed by atoms with Crippen molar-refractivity contribution in [2.45, 2.75) is 44.2 Å². The van der Waals surface area contributed by atoms with Crippen LogP contribution < -0.4 is 0 Å². The van der Waals surface area contributed by atoms with Crippen LogP contribution in [0.1, 0.15) is 37.7 Å². The van der Waals surface area contributed by atoms with Gasteiger partial charge in [-0.05, 0) is 31.7 Å². The van der Waals surface area contributed by atoms with Gasteiger partial charge in [0.1, 0.15) is 11.6 Å². The summed E-state index contributed by atoms with van der Waals surface area (Å²) in [5, 5.41) is 0. The first-order valence-electron chi connectivity index (χ1n) is 7.44. The minimum atomic E-state index is -0.600. The Kier molecular flexibility index (Phi) is 3.93. The van der Waals surface area contributed by atoms with Gasteiger partial charge >= 0.3 is 0 Å². The summed E-state index contributed by atoms with van der Waals surface area (Å²) in [6.45, 7) is 1.53. The van der Waals surface area contributed by atoms with Crippen molar-refractivity contribution in [2.75, 3.05) is 13.2 Å². The van der Waals surface area contributed by atoms with Crippen molar-refractivity contribution in [3.63, 3.8) is 0 Å². The largest absolute Gasteiger partial charge is 0.375 e. The van der Waals surface area contributed by atoms with Crippen LogP contribution in [0.4, 0.5) is 8.78 Å². The van der Waals surface area contributed by atoms with E-state index in [1.807, 2.05) is 0 Å². The first-order chi connectivity index (χ1) is 10.1. The Morgan fingerprint density at radius 3 is 2.81 bits per heavy atom. The van der Waals surface area contributed by atoms with Crippen molar-refractivity contribution in [1.29, 1.82) is 0 Å². The van der Waals surface area contributed by atoms with E-state index < -0.39 is 11.6 Å². The summed E-state index contributed by atoms with van der Waals surface area (Å²) < 4.78 is 32.5. The monoisotopic (exact) mass is 295 g/mol. The molecule has 2 aliphatic rings. The molecular weight excluding hydrogens is 276 g/mol. The molecule has 0 N–H and O–H groups in total. The van der Waals surface area contributed by atoms with Gasteiger partial charge in [-0.2, -0.15) is 0 Å². The third-order valence-electron chi connectivity index (χ3n) is 4.55. The van der Waals surface area contributed by atoms with Gasteiger partial charge in [-0.15, -0.1) is 0 Å². The second-order valence-corrected chi connectivity index (χ2v) is 5.94. The highest BCUT2D eigenvalue weighted by Gasteiger charge is 2.38. The molecule has 3 rings (SSSR count). The van der Waals surface area contributed by atoms with E-state index in [0.29, 0.717) is 18.5 Å². The molecule has 1 aromatic carbocycles. The molecule has 3 nitrogen and oxygen atoms in total. The summed E-state index contributed by atoms with van der Waals surface area (Å²) >= 11 is 0. The lowest BCUT2D eigenvalue weighted by atomic mass is 9.92. The summed E-state index contributed by atoms with van der Waals surface area (Å²) in [6.07, 6.45) is 4.01. The third kappa shape index (κ3) is 3.07. The van der Waals surface area contributed by atoms with Crippen molar-refractivity contribution in [2.24, 2.45) is 0 Å². The zero-order chi connectivity index (χ0) is 14.9. The van der Waals surface area contributed by atoms with Gasteiger partial charge in [0.05, 0.1) is 5.60 Å². The van der Waals surface area contributed by atoms with E-state index in [4.69, 9.17) is 4.74 Å². The second kappa shape index (κ2) is 5.72. The fourth-order valence-electron chi connectivity index (χ4n) is 3.25. The molecule has 5 heteroatoms. The first-order valence-corrected chi connectivity index (χ1v) is 7.44. The number of hydrogen-bond acceptors (Lipinski definition) is 2. The van der Waals surface area contributed by atoms with E-state index in [0.717, 1.165) is 38.4 Å². The molecule has 2 heterocycles. The van der Waals surface area contributed by atoms with E-state index in [9.17, 15) is 13.6 Å². The van der Waals surface area contributed by atoms with E-state index in [1.165, 1.54) is 12.1 Å². The zero-order valence-electron chi connectivity index (χ0n) is 11.9. The highest BCUT2D eigenvalue weighted by Crippen LogP contribution is 2.36. The van der Waals surface area contributed by atoms with Crippen LogP contribution in [0.5, 0.6) is 0 Å². The molecule has 114 valence electrons. The molecular formula is C16H19F2NO2. The van der Waals surface area contributed by atoms with Crippen LogP contribution in [-0.4, -0.2) is 29.6 Å². The molecule has 0 aromatic heterocycles. The van der Waals surface area contributed by atoms with Gasteiger partial charge in [0, 0.05) is 37.7 Å². The Bertz CT molecular complexity index is 541. The van der Waals surface area contributed by atoms with Crippen LogP contribution in [-0.2, 0) is 16.1 Å². The molecule has 1 aromatic rings. The van der Waals surface area contributed by atoms with E-state index in [2.05, 4.69) is 0 Å². The molecule has 0 unspecified atom stereocenters. The number of carbonyl (C=O) groups excluding carboxylic acids is 1. The van der Waals surface area contributed by atoms with E-state index in [1.54, 1.807) is 4.90 Å². The summed E-state index contributed by atoms with van der Waals surface area (Å²) in [6, 6.07) is 3.49. The Hall–Kier alpha value is -1.49. The van der Waals surface area contributed by atoms with Crippen LogP contribution in [0.25, 0.3) is 0 Å². The number of rotatable bonds is 2. The molecule has 0 bridgehead atoms. The van der Waals surface area contributed by atoms with Crippen LogP contribution in [0.3, 0.4) is 0 Å². The minimum absolute atomic E-state index is 0.0195. The van der Waals surface area contributed by atoms with Gasteiger partial charge in [0.25, 0.3) is 0 Å². The average molecular weight is 295 g/mol. The number of benzene rings is 1. The predicted molar refractivity (Wildman–Crippen MR) is 73.5 cm³/mol. The summed E-state index contributed by atoms with van der Waals surface area (Å²) in [5.41, 5.74) is 0.194. The number of nitrogens with zero attached hydrogens (tertiary/aromatic N) is 1. The van der Waals surface area contributed by atoms with Crippen LogP contribution in [0.2, 0.25) is 0 Å². The van der Waals surface area contributed by atoms with Gasteiger partial charge < -0.3 is 9.64 Å². The van der Waals surface area contributed by atoms with Gasteiger partial charge in [-0.25, -0.2) is 8.78 Å². The molecule has 0 radical (unpaired) electrons. The molecule has 0 saturated carbocycles. The molecule has 1 spiro atoms. The van der Waals surface area contributed by atoms with E-state index in [-0.39, 0.29) is 18.1 Å². The fourth-order valence-corrected chi connectivity index (χ4v) is 3.25. The maximum atomic E-state index is 13.7. The summed E-state index contributed by atoms with van der Waals surface area (Å²) in [7, 11) is 0. The Morgan fingerprint density at radius 1 is 1.24 bits per heavy atom. The van der Waals surface area contributed by atoms with Gasteiger partial charge in [-0.1, -0.05) is 6.07 Å². The van der Waals surface area contributed by atoms with Crippen molar-refractivity contribution >= 4 is 5.91 Å². The predicted octanol–water partition coefficient (Wildman–Crippen LogP) is 3.03. The average Bonchev–Trinajstić information content (AvgIpc) is 2.86. The third-order valence-corrected chi connectivity index (χ3v) is 4.55. The molecule has 1 atom stereocenters. The topological polar surface area (TPSA) is 29.5 Å². The van der Waals surface area contributed by atoms with Crippen molar-refractivity contribution in [3.05, 3.63) is 35.4 Å². The molecule has 2 fully saturated rings. The number of hydrogen-bond donors (Lipinski definition) is 0. The minimum Gasteiger partial charge on any atom is -0.375 e. The number of ether oxygens (including phenoxy) is 1. The number of amides is 1. The highest BCUT2D eigenvalue weighted by atomic mass is 19.1. The van der Waals surface area contributed by atoms with Crippen molar-refractivity contribution in [1.82, 2.24) is 4.90 Å². The smallest absolute Gasteiger partial charge is 0.222 e. The molecule has 2 aliphatic heterocycles. The number of carbonyl (C=O) groups is 1. The summed E-state index contributed by atoms with van der Waals surface area (Å²) in [5.74, 6) is -1.18. The first kappa shape index (κ1) is 14.4. The Labute approximate surface area is 122 Å². The molecule has 2 saturated heterocycles. The fraction of sp³-hybridized carbons (Fsp3) is 0.562. The number of halogens is 2. The maximum absolute atomic E-state index is 13.7. The molecule has 21 heavy (non-hydrogen) atoms. The molecule has 0 aliphatic carbocycles. The SMILES string of the molecule is O=C1CC[C@@]2(CCCO2)CCN1Cc1ccc(F)cc1F. The van der Waals surface area contributed by atoms with Gasteiger partial charge in [-0.3, -0.25) is 4.79 Å². The van der Waals surface area contributed by atoms with Crippen LogP contribution in [0.15, 0.2) is 18.2 Å². The molecule has 1 amide bonds. The van der Waals surface area contributed by atoms with E-state index >= 15 is 0 Å². The standard InChI is InChI=1S/C16H19F2NO2/c17-13-3-2-12(14(18)10-13)11-19-8-7-16(5-1-9-21-16)6-4-15(19)20/h2-3,10H,1,4-9,11H2/t16-/m0/s1. The second-order valence-electron chi connectivity index (χ2n) is 5.94. The highest BCUT2D eigenvalue weighted by molar-refractivity contribution is 5.76. The summed E-state index contributed by atoms with van der Waals surface area (Å²) in [4.78, 5) is 13.9. The Morgan fingerprint density at radius 2 is 2.10 bits per heavy atom. The van der Waals surface area contributed by atoms with Crippen molar-refractivity contribution in [3.8, 4) is 0 Å². The lowest BCUT2D eigenvalue weighted by Gasteiger charge is -2.26. The number of likely N-dealkylation sites (tertiary alicyclic amines) is 1. The lowest BCUT2D eigenvalue weighted by Crippen LogP contribution is -2.32. The lowest BCUT2D eigenvalue weighted by molar-refractivity contribution is -0.131. The van der Waals surface area contributed by atoms with Gasteiger partial charge in [0.2, 0.25) is 5.91 Å². The quantitative estimate of drug-likeness (QED) is 0.839. The van der Waals surface area contributed by atoms with Crippen LogP contribution >= 0.6 is 0 Å². The normalized spacial score (nSPS) is 26.4. The van der Waals surface area contributed by atoms with Crippen LogP contribution in [0, 0.1) is 11.6 Å². The van der Waals surface area contributed by atoms with Crippen molar-refractivity contribution < 1.29 is 18.3 Å².